The van der Waals surface area contributed by atoms with Crippen molar-refractivity contribution in [3.05, 3.63) is 108 Å². The minimum Gasteiger partial charge on any atom is -0.494 e. The van der Waals surface area contributed by atoms with E-state index >= 15 is 0 Å². The molecule has 5 nitrogen and oxygen atoms in total. The SMILES string of the molecule is CCCCOc1ccccc1COCCCOc1ccc(C2CCNCC2OCc2ccc3ccccc3c2)cc1. The fourth-order valence-electron chi connectivity index (χ4n) is 5.35. The second-order valence-corrected chi connectivity index (χ2v) is 10.8. The van der Waals surface area contributed by atoms with Crippen LogP contribution in [-0.2, 0) is 22.7 Å². The summed E-state index contributed by atoms with van der Waals surface area (Å²) in [6, 6.07) is 31.8. The highest BCUT2D eigenvalue weighted by Gasteiger charge is 2.27. The molecular formula is C36H43NO4. The van der Waals surface area contributed by atoms with Crippen molar-refractivity contribution in [2.24, 2.45) is 0 Å². The molecule has 2 unspecified atom stereocenters. The first kappa shape index (κ1) is 29.1. The Kier molecular flexibility index (Phi) is 11.1. The average molecular weight is 554 g/mol. The summed E-state index contributed by atoms with van der Waals surface area (Å²) in [5, 5.41) is 6.03. The fraction of sp³-hybridized carbons (Fsp3) is 0.389. The van der Waals surface area contributed by atoms with Gasteiger partial charge in [0.2, 0.25) is 0 Å². The van der Waals surface area contributed by atoms with Crippen LogP contribution in [-0.4, -0.2) is 39.0 Å². The van der Waals surface area contributed by atoms with Crippen LogP contribution in [0.3, 0.4) is 0 Å². The number of benzene rings is 4. The van der Waals surface area contributed by atoms with Gasteiger partial charge in [-0.3, -0.25) is 0 Å². The van der Waals surface area contributed by atoms with E-state index in [2.05, 4.69) is 85.0 Å². The molecule has 1 aliphatic rings. The molecule has 2 atom stereocenters. The largest absolute Gasteiger partial charge is 0.494 e. The number of fused-ring (bicyclic) bond motifs is 1. The third-order valence-electron chi connectivity index (χ3n) is 7.70. The lowest BCUT2D eigenvalue weighted by molar-refractivity contribution is 0.0106. The molecule has 1 saturated heterocycles. The van der Waals surface area contributed by atoms with Crippen LogP contribution in [0.4, 0.5) is 0 Å². The number of nitrogens with one attached hydrogen (secondary N) is 1. The van der Waals surface area contributed by atoms with E-state index in [9.17, 15) is 0 Å². The Morgan fingerprint density at radius 3 is 2.44 bits per heavy atom. The molecule has 5 heteroatoms. The van der Waals surface area contributed by atoms with E-state index < -0.39 is 0 Å². The van der Waals surface area contributed by atoms with E-state index in [0.29, 0.717) is 32.3 Å². The molecule has 216 valence electrons. The fourth-order valence-corrected chi connectivity index (χ4v) is 5.35. The Hall–Kier alpha value is -3.38. The number of ether oxygens (including phenoxy) is 4. The highest BCUT2D eigenvalue weighted by molar-refractivity contribution is 5.82. The van der Waals surface area contributed by atoms with Crippen LogP contribution in [0.2, 0.25) is 0 Å². The molecule has 0 saturated carbocycles. The third kappa shape index (κ3) is 8.56. The molecule has 4 aromatic carbocycles. The van der Waals surface area contributed by atoms with Crippen molar-refractivity contribution in [2.45, 2.75) is 57.8 Å². The molecular weight excluding hydrogens is 510 g/mol. The molecule has 0 amide bonds. The molecule has 0 spiro atoms. The van der Waals surface area contributed by atoms with E-state index in [-0.39, 0.29) is 6.10 Å². The highest BCUT2D eigenvalue weighted by Crippen LogP contribution is 2.30. The molecule has 1 aliphatic heterocycles. The monoisotopic (exact) mass is 553 g/mol. The van der Waals surface area contributed by atoms with Crippen molar-refractivity contribution in [3.8, 4) is 11.5 Å². The second-order valence-electron chi connectivity index (χ2n) is 10.8. The number of para-hydroxylation sites is 1. The van der Waals surface area contributed by atoms with Gasteiger partial charge >= 0.3 is 0 Å². The topological polar surface area (TPSA) is 49.0 Å². The maximum absolute atomic E-state index is 6.47. The minimum absolute atomic E-state index is 0.140. The highest BCUT2D eigenvalue weighted by atomic mass is 16.5. The maximum atomic E-state index is 6.47. The summed E-state index contributed by atoms with van der Waals surface area (Å²) in [6.07, 6.45) is 4.22. The molecule has 0 bridgehead atoms. The number of hydrogen-bond acceptors (Lipinski definition) is 5. The van der Waals surface area contributed by atoms with Crippen molar-refractivity contribution in [3.63, 3.8) is 0 Å². The first-order valence-electron chi connectivity index (χ1n) is 15.1. The average Bonchev–Trinajstić information content (AvgIpc) is 3.03. The molecule has 0 aliphatic carbocycles. The normalized spacial score (nSPS) is 17.0. The Morgan fingerprint density at radius 1 is 0.756 bits per heavy atom. The van der Waals surface area contributed by atoms with Gasteiger partial charge in [0.25, 0.3) is 0 Å². The summed E-state index contributed by atoms with van der Waals surface area (Å²) >= 11 is 0. The van der Waals surface area contributed by atoms with E-state index in [4.69, 9.17) is 18.9 Å². The van der Waals surface area contributed by atoms with Gasteiger partial charge in [0.1, 0.15) is 11.5 Å². The van der Waals surface area contributed by atoms with Gasteiger partial charge in [-0.25, -0.2) is 0 Å². The Morgan fingerprint density at radius 2 is 1.56 bits per heavy atom. The van der Waals surface area contributed by atoms with E-state index in [1.807, 2.05) is 18.2 Å². The lowest BCUT2D eigenvalue weighted by Crippen LogP contribution is -2.40. The summed E-state index contributed by atoms with van der Waals surface area (Å²) in [5.74, 6) is 2.19. The summed E-state index contributed by atoms with van der Waals surface area (Å²) in [4.78, 5) is 0. The molecule has 4 aromatic rings. The van der Waals surface area contributed by atoms with Gasteiger partial charge in [0.05, 0.1) is 39.1 Å². The van der Waals surface area contributed by atoms with Gasteiger partial charge in [0, 0.05) is 24.4 Å². The van der Waals surface area contributed by atoms with E-state index in [1.165, 1.54) is 21.9 Å². The molecule has 41 heavy (non-hydrogen) atoms. The molecule has 1 N–H and O–H groups in total. The van der Waals surface area contributed by atoms with Crippen molar-refractivity contribution < 1.29 is 18.9 Å². The van der Waals surface area contributed by atoms with Crippen molar-refractivity contribution in [1.29, 1.82) is 0 Å². The number of unbranched alkanes of at least 4 members (excludes halogenated alkanes) is 1. The first-order chi connectivity index (χ1) is 20.3. The summed E-state index contributed by atoms with van der Waals surface area (Å²) in [5.41, 5.74) is 3.62. The van der Waals surface area contributed by atoms with Crippen LogP contribution in [0.5, 0.6) is 11.5 Å². The second kappa shape index (κ2) is 15.6. The zero-order valence-corrected chi connectivity index (χ0v) is 24.2. The van der Waals surface area contributed by atoms with Crippen LogP contribution in [0, 0.1) is 0 Å². The van der Waals surface area contributed by atoms with Crippen molar-refractivity contribution in [2.75, 3.05) is 32.9 Å². The Labute approximate surface area is 244 Å². The molecule has 1 heterocycles. The predicted octanol–water partition coefficient (Wildman–Crippen LogP) is 7.67. The zero-order chi connectivity index (χ0) is 28.1. The smallest absolute Gasteiger partial charge is 0.124 e. The van der Waals surface area contributed by atoms with Crippen molar-refractivity contribution >= 4 is 10.8 Å². The number of hydrogen-bond donors (Lipinski definition) is 1. The Balaban J connectivity index is 1.05. The van der Waals surface area contributed by atoms with Crippen LogP contribution in [0.15, 0.2) is 91.0 Å². The minimum atomic E-state index is 0.140. The molecule has 0 aromatic heterocycles. The van der Waals surface area contributed by atoms with Gasteiger partial charge in [-0.05, 0) is 65.6 Å². The quantitative estimate of drug-likeness (QED) is 0.153. The van der Waals surface area contributed by atoms with E-state index in [1.54, 1.807) is 0 Å². The molecule has 1 fully saturated rings. The van der Waals surface area contributed by atoms with Crippen LogP contribution < -0.4 is 14.8 Å². The van der Waals surface area contributed by atoms with Gasteiger partial charge in [0.15, 0.2) is 0 Å². The third-order valence-corrected chi connectivity index (χ3v) is 7.70. The van der Waals surface area contributed by atoms with Gasteiger partial charge < -0.3 is 24.3 Å². The van der Waals surface area contributed by atoms with Gasteiger partial charge in [-0.15, -0.1) is 0 Å². The summed E-state index contributed by atoms with van der Waals surface area (Å²) in [7, 11) is 0. The summed E-state index contributed by atoms with van der Waals surface area (Å²) in [6.45, 7) is 7.23. The number of rotatable bonds is 15. The van der Waals surface area contributed by atoms with Crippen molar-refractivity contribution in [1.82, 2.24) is 5.32 Å². The zero-order valence-electron chi connectivity index (χ0n) is 24.2. The van der Waals surface area contributed by atoms with Gasteiger partial charge in [-0.1, -0.05) is 80.1 Å². The van der Waals surface area contributed by atoms with Gasteiger partial charge in [-0.2, -0.15) is 0 Å². The number of piperidine rings is 1. The molecule has 0 radical (unpaired) electrons. The first-order valence-corrected chi connectivity index (χ1v) is 15.1. The lowest BCUT2D eigenvalue weighted by atomic mass is 9.87. The molecule has 5 rings (SSSR count). The van der Waals surface area contributed by atoms with Crippen LogP contribution in [0.25, 0.3) is 10.8 Å². The van der Waals surface area contributed by atoms with E-state index in [0.717, 1.165) is 62.4 Å². The van der Waals surface area contributed by atoms with Crippen LogP contribution in [0.1, 0.15) is 55.2 Å². The lowest BCUT2D eigenvalue weighted by Gasteiger charge is -2.32. The predicted molar refractivity (Wildman–Crippen MR) is 166 cm³/mol. The Bertz CT molecular complexity index is 1340. The standard InChI is InChI=1S/C36H43NO4/c1-2-3-22-40-35-12-7-6-11-32(35)27-38-21-8-23-39-33-17-15-30(16-18-33)34-19-20-37-25-36(34)41-26-28-13-14-29-9-4-5-10-31(29)24-28/h4-7,9-18,24,34,36-37H,2-3,8,19-23,25-27H2,1H3. The summed E-state index contributed by atoms with van der Waals surface area (Å²) < 4.78 is 24.3. The van der Waals surface area contributed by atoms with Crippen LogP contribution >= 0.6 is 0 Å². The maximum Gasteiger partial charge on any atom is 0.124 e.